The van der Waals surface area contributed by atoms with Crippen molar-refractivity contribution in [1.29, 1.82) is 0 Å². The summed E-state index contributed by atoms with van der Waals surface area (Å²) in [6.07, 6.45) is 4.12. The second kappa shape index (κ2) is 8.05. The Hall–Kier alpha value is -3.19. The third kappa shape index (κ3) is 4.14. The van der Waals surface area contributed by atoms with Crippen LogP contribution >= 0.6 is 0 Å². The lowest BCUT2D eigenvalue weighted by atomic mass is 9.89. The molecule has 2 heterocycles. The molecule has 2 N–H and O–H groups in total. The Kier molecular flexibility index (Phi) is 5.31. The first-order chi connectivity index (χ1) is 14.0. The van der Waals surface area contributed by atoms with Gasteiger partial charge in [0.05, 0.1) is 11.5 Å². The molecule has 1 saturated heterocycles. The SMILES string of the molecule is Cc1ccc(NC(=O)CN2CCC(c3c[nH]c4ccccc34)CC2)cc1[N+](=O)[O-]. The lowest BCUT2D eigenvalue weighted by molar-refractivity contribution is -0.385. The average molecular weight is 392 g/mol. The minimum absolute atomic E-state index is 0.0161. The minimum Gasteiger partial charge on any atom is -0.361 e. The number of nitro benzene ring substituents is 1. The van der Waals surface area contributed by atoms with Gasteiger partial charge in [-0.05, 0) is 56.5 Å². The number of aryl methyl sites for hydroxylation is 1. The molecule has 3 aromatic rings. The number of piperidine rings is 1. The lowest BCUT2D eigenvalue weighted by Gasteiger charge is -2.31. The fourth-order valence-electron chi connectivity index (χ4n) is 4.12. The summed E-state index contributed by atoms with van der Waals surface area (Å²) in [5, 5.41) is 15.1. The van der Waals surface area contributed by atoms with E-state index in [2.05, 4.69) is 39.6 Å². The summed E-state index contributed by atoms with van der Waals surface area (Å²) in [6.45, 7) is 3.68. The van der Waals surface area contributed by atoms with Crippen molar-refractivity contribution in [2.75, 3.05) is 25.0 Å². The number of para-hydroxylation sites is 1. The maximum Gasteiger partial charge on any atom is 0.274 e. The zero-order chi connectivity index (χ0) is 20.4. The van der Waals surface area contributed by atoms with E-state index < -0.39 is 4.92 Å². The molecular weight excluding hydrogens is 368 g/mol. The summed E-state index contributed by atoms with van der Waals surface area (Å²) in [5.74, 6) is 0.346. The van der Waals surface area contributed by atoms with Crippen LogP contribution in [-0.4, -0.2) is 40.3 Å². The normalized spacial score (nSPS) is 15.5. The number of amides is 1. The number of hydrogen-bond acceptors (Lipinski definition) is 4. The molecule has 150 valence electrons. The number of hydrogen-bond donors (Lipinski definition) is 2. The Balaban J connectivity index is 1.33. The van der Waals surface area contributed by atoms with E-state index in [1.54, 1.807) is 19.1 Å². The third-order valence-corrected chi connectivity index (χ3v) is 5.71. The summed E-state index contributed by atoms with van der Waals surface area (Å²) >= 11 is 0. The van der Waals surface area contributed by atoms with Crippen molar-refractivity contribution < 1.29 is 9.72 Å². The van der Waals surface area contributed by atoms with Crippen LogP contribution in [0.25, 0.3) is 10.9 Å². The Morgan fingerprint density at radius 2 is 2.00 bits per heavy atom. The summed E-state index contributed by atoms with van der Waals surface area (Å²) in [5.41, 5.74) is 3.57. The Labute approximate surface area is 168 Å². The number of likely N-dealkylation sites (tertiary alicyclic amines) is 1. The zero-order valence-electron chi connectivity index (χ0n) is 16.4. The van der Waals surface area contributed by atoms with Crippen LogP contribution in [-0.2, 0) is 4.79 Å². The first-order valence-electron chi connectivity index (χ1n) is 9.84. The molecule has 0 spiro atoms. The predicted molar refractivity (Wildman–Crippen MR) is 113 cm³/mol. The molecule has 7 heteroatoms. The van der Waals surface area contributed by atoms with E-state index in [1.165, 1.54) is 17.0 Å². The molecular formula is C22H24N4O3. The fourth-order valence-corrected chi connectivity index (χ4v) is 4.12. The van der Waals surface area contributed by atoms with Crippen LogP contribution in [0.3, 0.4) is 0 Å². The smallest absolute Gasteiger partial charge is 0.274 e. The van der Waals surface area contributed by atoms with Gasteiger partial charge in [0.25, 0.3) is 5.69 Å². The molecule has 1 aliphatic heterocycles. The number of aromatic nitrogens is 1. The van der Waals surface area contributed by atoms with Crippen molar-refractivity contribution in [3.05, 3.63) is 69.9 Å². The predicted octanol–water partition coefficient (Wildman–Crippen LogP) is 4.20. The van der Waals surface area contributed by atoms with Crippen LogP contribution in [0, 0.1) is 17.0 Å². The molecule has 1 amide bonds. The molecule has 0 aliphatic carbocycles. The highest BCUT2D eigenvalue weighted by Gasteiger charge is 2.24. The van der Waals surface area contributed by atoms with E-state index in [-0.39, 0.29) is 11.6 Å². The molecule has 29 heavy (non-hydrogen) atoms. The van der Waals surface area contributed by atoms with E-state index in [1.807, 2.05) is 6.07 Å². The second-order valence-electron chi connectivity index (χ2n) is 7.65. The topological polar surface area (TPSA) is 91.3 Å². The highest BCUT2D eigenvalue weighted by Crippen LogP contribution is 2.33. The van der Waals surface area contributed by atoms with Crippen LogP contribution in [0.15, 0.2) is 48.7 Å². The number of benzene rings is 2. The molecule has 7 nitrogen and oxygen atoms in total. The molecule has 0 unspecified atom stereocenters. The molecule has 2 aromatic carbocycles. The van der Waals surface area contributed by atoms with E-state index in [0.29, 0.717) is 23.7 Å². The number of fused-ring (bicyclic) bond motifs is 1. The number of nitrogens with one attached hydrogen (secondary N) is 2. The molecule has 1 aliphatic rings. The number of H-pyrrole nitrogens is 1. The average Bonchev–Trinajstić information content (AvgIpc) is 3.14. The van der Waals surface area contributed by atoms with Crippen molar-refractivity contribution >= 4 is 28.2 Å². The standard InChI is InChI=1S/C22H24N4O3/c1-15-6-7-17(12-21(15)26(28)29)24-22(27)14-25-10-8-16(9-11-25)19-13-23-20-5-3-2-4-18(19)20/h2-7,12-13,16,23H,8-11,14H2,1H3,(H,24,27). The van der Waals surface area contributed by atoms with Crippen molar-refractivity contribution in [2.24, 2.45) is 0 Å². The van der Waals surface area contributed by atoms with Crippen molar-refractivity contribution in [1.82, 2.24) is 9.88 Å². The zero-order valence-corrected chi connectivity index (χ0v) is 16.4. The van der Waals surface area contributed by atoms with Gasteiger partial charge in [-0.25, -0.2) is 0 Å². The van der Waals surface area contributed by atoms with Gasteiger partial charge in [-0.1, -0.05) is 24.3 Å². The van der Waals surface area contributed by atoms with Crippen molar-refractivity contribution in [2.45, 2.75) is 25.7 Å². The van der Waals surface area contributed by atoms with Crippen molar-refractivity contribution in [3.8, 4) is 0 Å². The Morgan fingerprint density at radius 1 is 1.24 bits per heavy atom. The van der Waals surface area contributed by atoms with Crippen LogP contribution in [0.2, 0.25) is 0 Å². The quantitative estimate of drug-likeness (QED) is 0.503. The van der Waals surface area contributed by atoms with Gasteiger partial charge in [0.1, 0.15) is 0 Å². The number of carbonyl (C=O) groups is 1. The van der Waals surface area contributed by atoms with Crippen LogP contribution in [0.5, 0.6) is 0 Å². The Morgan fingerprint density at radius 3 is 2.76 bits per heavy atom. The van der Waals surface area contributed by atoms with Gasteiger partial charge < -0.3 is 10.3 Å². The summed E-state index contributed by atoms with van der Waals surface area (Å²) in [4.78, 5) is 28.5. The van der Waals surface area contributed by atoms with Gasteiger partial charge in [0.2, 0.25) is 5.91 Å². The number of anilines is 1. The highest BCUT2D eigenvalue weighted by atomic mass is 16.6. The minimum atomic E-state index is -0.430. The van der Waals surface area contributed by atoms with Gasteiger partial charge in [-0.2, -0.15) is 0 Å². The third-order valence-electron chi connectivity index (χ3n) is 5.71. The van der Waals surface area contributed by atoms with E-state index in [4.69, 9.17) is 0 Å². The molecule has 0 radical (unpaired) electrons. The number of rotatable bonds is 5. The number of aromatic amines is 1. The fraction of sp³-hybridized carbons (Fsp3) is 0.318. The van der Waals surface area contributed by atoms with Gasteiger partial charge in [-0.3, -0.25) is 19.8 Å². The molecule has 0 saturated carbocycles. The maximum absolute atomic E-state index is 12.4. The first kappa shape index (κ1) is 19.1. The molecule has 1 fully saturated rings. The largest absolute Gasteiger partial charge is 0.361 e. The van der Waals surface area contributed by atoms with E-state index in [9.17, 15) is 14.9 Å². The second-order valence-corrected chi connectivity index (χ2v) is 7.65. The van der Waals surface area contributed by atoms with E-state index in [0.717, 1.165) is 31.4 Å². The maximum atomic E-state index is 12.4. The molecule has 0 atom stereocenters. The van der Waals surface area contributed by atoms with Crippen molar-refractivity contribution in [3.63, 3.8) is 0 Å². The summed E-state index contributed by atoms with van der Waals surface area (Å²) in [7, 11) is 0. The van der Waals surface area contributed by atoms with Crippen LogP contribution in [0.1, 0.15) is 29.9 Å². The number of nitro groups is 1. The van der Waals surface area contributed by atoms with Crippen LogP contribution in [0.4, 0.5) is 11.4 Å². The van der Waals surface area contributed by atoms with Crippen LogP contribution < -0.4 is 5.32 Å². The summed E-state index contributed by atoms with van der Waals surface area (Å²) < 4.78 is 0. The lowest BCUT2D eigenvalue weighted by Crippen LogP contribution is -2.38. The first-order valence-corrected chi connectivity index (χ1v) is 9.84. The number of nitrogens with zero attached hydrogens (tertiary/aromatic N) is 2. The Bertz CT molecular complexity index is 1050. The van der Waals surface area contributed by atoms with Gasteiger partial charge in [0.15, 0.2) is 0 Å². The monoisotopic (exact) mass is 392 g/mol. The molecule has 1 aromatic heterocycles. The molecule has 0 bridgehead atoms. The number of carbonyl (C=O) groups excluding carboxylic acids is 1. The molecule has 4 rings (SSSR count). The highest BCUT2D eigenvalue weighted by molar-refractivity contribution is 5.92. The van der Waals surface area contributed by atoms with E-state index >= 15 is 0 Å². The van der Waals surface area contributed by atoms with Gasteiger partial charge >= 0.3 is 0 Å². The van der Waals surface area contributed by atoms with Gasteiger partial charge in [-0.15, -0.1) is 0 Å². The van der Waals surface area contributed by atoms with Gasteiger partial charge in [0, 0.05) is 34.4 Å². The summed E-state index contributed by atoms with van der Waals surface area (Å²) in [6, 6.07) is 13.1.